The lowest BCUT2D eigenvalue weighted by Crippen LogP contribution is -2.31. The third kappa shape index (κ3) is 3.51. The predicted molar refractivity (Wildman–Crippen MR) is 68.9 cm³/mol. The molecule has 2 rings (SSSR count). The molecule has 1 heterocycles. The summed E-state index contributed by atoms with van der Waals surface area (Å²) in [4.78, 5) is 3.47. The number of rotatable bonds is 4. The van der Waals surface area contributed by atoms with Crippen molar-refractivity contribution < 1.29 is 4.55 Å². The van der Waals surface area contributed by atoms with Gasteiger partial charge in [-0.3, -0.25) is 0 Å². The molecule has 2 nitrogen and oxygen atoms in total. The van der Waals surface area contributed by atoms with Gasteiger partial charge in [-0.2, -0.15) is 0 Å². The molecule has 0 aliphatic carbocycles. The molecule has 88 valence electrons. The van der Waals surface area contributed by atoms with E-state index in [0.717, 1.165) is 23.4 Å². The zero-order valence-corrected chi connectivity index (χ0v) is 10.4. The van der Waals surface area contributed by atoms with Crippen LogP contribution >= 0.6 is 12.0 Å². The Morgan fingerprint density at radius 1 is 1.06 bits per heavy atom. The molecule has 1 N–H and O–H groups in total. The first-order valence-corrected chi connectivity index (χ1v) is 6.78. The van der Waals surface area contributed by atoms with Crippen LogP contribution in [0.3, 0.4) is 0 Å². The second-order valence-corrected chi connectivity index (χ2v) is 5.04. The van der Waals surface area contributed by atoms with E-state index in [1.165, 1.54) is 44.5 Å². The topological polar surface area (TPSA) is 23.5 Å². The number of hydrogen-bond donors (Lipinski definition) is 1. The molecule has 0 unspecified atom stereocenters. The number of hydrogen-bond acceptors (Lipinski definition) is 3. The summed E-state index contributed by atoms with van der Waals surface area (Å²) in [6.07, 6.45) is 5.25. The van der Waals surface area contributed by atoms with Crippen LogP contribution in [0.2, 0.25) is 0 Å². The van der Waals surface area contributed by atoms with Crippen LogP contribution in [0.15, 0.2) is 29.2 Å². The normalized spacial score (nSPS) is 17.6. The SMILES string of the molecule is OSc1ccc(CCN2CCCCC2)cc1. The zero-order chi connectivity index (χ0) is 11.2. The third-order valence-electron chi connectivity index (χ3n) is 3.19. The summed E-state index contributed by atoms with van der Waals surface area (Å²) in [5.41, 5.74) is 1.36. The van der Waals surface area contributed by atoms with E-state index in [1.54, 1.807) is 0 Å². The van der Waals surface area contributed by atoms with Crippen molar-refractivity contribution in [1.29, 1.82) is 0 Å². The van der Waals surface area contributed by atoms with Crippen LogP contribution in [0.5, 0.6) is 0 Å². The molecule has 0 amide bonds. The summed E-state index contributed by atoms with van der Waals surface area (Å²) in [5, 5.41) is 0. The fraction of sp³-hybridized carbons (Fsp3) is 0.538. The van der Waals surface area contributed by atoms with E-state index in [9.17, 15) is 0 Å². The molecule has 0 atom stereocenters. The zero-order valence-electron chi connectivity index (χ0n) is 9.56. The molecule has 1 aliphatic heterocycles. The van der Waals surface area contributed by atoms with Crippen molar-refractivity contribution in [3.05, 3.63) is 29.8 Å². The van der Waals surface area contributed by atoms with Gasteiger partial charge in [0, 0.05) is 23.5 Å². The molecule has 0 saturated carbocycles. The molecule has 1 fully saturated rings. The molecular weight excluding hydrogens is 218 g/mol. The molecule has 16 heavy (non-hydrogen) atoms. The Kier molecular flexibility index (Phi) is 4.69. The van der Waals surface area contributed by atoms with Crippen LogP contribution in [0.25, 0.3) is 0 Å². The van der Waals surface area contributed by atoms with Gasteiger partial charge in [-0.05, 0) is 50.0 Å². The monoisotopic (exact) mass is 237 g/mol. The van der Waals surface area contributed by atoms with Gasteiger partial charge < -0.3 is 9.45 Å². The standard InChI is InChI=1S/C13H19NOS/c15-16-13-6-4-12(5-7-13)8-11-14-9-2-1-3-10-14/h4-7,15H,1-3,8-11H2. The van der Waals surface area contributed by atoms with Gasteiger partial charge >= 0.3 is 0 Å². The average Bonchev–Trinajstić information content (AvgIpc) is 2.38. The molecule has 3 heteroatoms. The van der Waals surface area contributed by atoms with Crippen LogP contribution in [0, 0.1) is 0 Å². The maximum absolute atomic E-state index is 8.87. The van der Waals surface area contributed by atoms with Crippen molar-refractivity contribution in [2.75, 3.05) is 19.6 Å². The Labute approximate surface area is 102 Å². The average molecular weight is 237 g/mol. The highest BCUT2D eigenvalue weighted by atomic mass is 32.2. The van der Waals surface area contributed by atoms with Crippen molar-refractivity contribution in [2.24, 2.45) is 0 Å². The number of likely N-dealkylation sites (tertiary alicyclic amines) is 1. The summed E-state index contributed by atoms with van der Waals surface area (Å²) in [6.45, 7) is 3.71. The van der Waals surface area contributed by atoms with Gasteiger partial charge in [-0.1, -0.05) is 18.6 Å². The van der Waals surface area contributed by atoms with Crippen molar-refractivity contribution >= 4 is 12.0 Å². The maximum atomic E-state index is 8.87. The third-order valence-corrected chi connectivity index (χ3v) is 3.68. The van der Waals surface area contributed by atoms with Crippen molar-refractivity contribution in [2.45, 2.75) is 30.6 Å². The molecule has 0 spiro atoms. The number of benzene rings is 1. The van der Waals surface area contributed by atoms with Crippen molar-refractivity contribution in [1.82, 2.24) is 4.90 Å². The van der Waals surface area contributed by atoms with Gasteiger partial charge in [0.05, 0.1) is 0 Å². The maximum Gasteiger partial charge on any atom is 0.0351 e. The largest absolute Gasteiger partial charge is 0.325 e. The quantitative estimate of drug-likeness (QED) is 0.813. The second-order valence-electron chi connectivity index (χ2n) is 4.39. The van der Waals surface area contributed by atoms with E-state index in [2.05, 4.69) is 17.0 Å². The van der Waals surface area contributed by atoms with Gasteiger partial charge in [0.25, 0.3) is 0 Å². The Morgan fingerprint density at radius 3 is 2.38 bits per heavy atom. The Morgan fingerprint density at radius 2 is 1.75 bits per heavy atom. The fourth-order valence-corrected chi connectivity index (χ4v) is 2.44. The highest BCUT2D eigenvalue weighted by molar-refractivity contribution is 7.93. The van der Waals surface area contributed by atoms with Crippen LogP contribution < -0.4 is 0 Å². The highest BCUT2D eigenvalue weighted by Crippen LogP contribution is 2.15. The molecule has 1 aromatic carbocycles. The molecule has 0 radical (unpaired) electrons. The first-order chi connectivity index (χ1) is 7.88. The smallest absolute Gasteiger partial charge is 0.0351 e. The van der Waals surface area contributed by atoms with Crippen LogP contribution in [0.1, 0.15) is 24.8 Å². The molecule has 0 bridgehead atoms. The van der Waals surface area contributed by atoms with Crippen molar-refractivity contribution in [3.63, 3.8) is 0 Å². The second kappa shape index (κ2) is 6.28. The first-order valence-electron chi connectivity index (χ1n) is 6.01. The lowest BCUT2D eigenvalue weighted by molar-refractivity contribution is 0.231. The lowest BCUT2D eigenvalue weighted by Gasteiger charge is -2.26. The molecular formula is C13H19NOS. The Hall–Kier alpha value is -0.510. The minimum absolute atomic E-state index is 0.813. The molecule has 1 saturated heterocycles. The van der Waals surface area contributed by atoms with Crippen LogP contribution in [-0.4, -0.2) is 29.1 Å². The first kappa shape index (κ1) is 12.0. The summed E-state index contributed by atoms with van der Waals surface area (Å²) in [6, 6.07) is 8.19. The van der Waals surface area contributed by atoms with Gasteiger partial charge in [-0.15, -0.1) is 0 Å². The van der Waals surface area contributed by atoms with E-state index in [4.69, 9.17) is 4.55 Å². The van der Waals surface area contributed by atoms with E-state index < -0.39 is 0 Å². The van der Waals surface area contributed by atoms with Gasteiger partial charge in [-0.25, -0.2) is 0 Å². The van der Waals surface area contributed by atoms with Gasteiger partial charge in [0.15, 0.2) is 0 Å². The van der Waals surface area contributed by atoms with Gasteiger partial charge in [0.1, 0.15) is 0 Å². The highest BCUT2D eigenvalue weighted by Gasteiger charge is 2.09. The molecule has 1 aliphatic rings. The van der Waals surface area contributed by atoms with Crippen LogP contribution in [-0.2, 0) is 6.42 Å². The summed E-state index contributed by atoms with van der Waals surface area (Å²) < 4.78 is 8.87. The summed E-state index contributed by atoms with van der Waals surface area (Å²) in [7, 11) is 0. The van der Waals surface area contributed by atoms with Crippen LogP contribution in [0.4, 0.5) is 0 Å². The Balaban J connectivity index is 1.79. The fourth-order valence-electron chi connectivity index (χ4n) is 2.19. The van der Waals surface area contributed by atoms with E-state index >= 15 is 0 Å². The van der Waals surface area contributed by atoms with E-state index in [-0.39, 0.29) is 0 Å². The summed E-state index contributed by atoms with van der Waals surface area (Å²) in [5.74, 6) is 0. The number of piperidine rings is 1. The molecule has 0 aromatic heterocycles. The number of nitrogens with zero attached hydrogens (tertiary/aromatic N) is 1. The summed E-state index contributed by atoms with van der Waals surface area (Å²) >= 11 is 0.813. The van der Waals surface area contributed by atoms with E-state index in [0.29, 0.717) is 0 Å². The van der Waals surface area contributed by atoms with E-state index in [1.807, 2.05) is 12.1 Å². The van der Waals surface area contributed by atoms with Gasteiger partial charge in [0.2, 0.25) is 0 Å². The van der Waals surface area contributed by atoms with Crippen molar-refractivity contribution in [3.8, 4) is 0 Å². The predicted octanol–water partition coefficient (Wildman–Crippen LogP) is 3.28. The lowest BCUT2D eigenvalue weighted by atomic mass is 10.1. The minimum Gasteiger partial charge on any atom is -0.325 e. The minimum atomic E-state index is 0.813. The Bertz CT molecular complexity index is 306. The molecule has 1 aromatic rings.